The van der Waals surface area contributed by atoms with Crippen LogP contribution in [0, 0.1) is 5.92 Å². The second kappa shape index (κ2) is 7.64. The zero-order chi connectivity index (χ0) is 15.2. The molecule has 0 spiro atoms. The maximum atomic E-state index is 12.1. The summed E-state index contributed by atoms with van der Waals surface area (Å²) < 4.78 is 0. The summed E-state index contributed by atoms with van der Waals surface area (Å²) in [6.45, 7) is 2.47. The van der Waals surface area contributed by atoms with E-state index >= 15 is 0 Å². The first-order valence-corrected chi connectivity index (χ1v) is 8.03. The third kappa shape index (κ3) is 4.59. The summed E-state index contributed by atoms with van der Waals surface area (Å²) in [6.07, 6.45) is 6.58. The highest BCUT2D eigenvalue weighted by atomic mass is 16.4. The molecule has 0 aromatic rings. The quantitative estimate of drug-likeness (QED) is 0.804. The van der Waals surface area contributed by atoms with Gasteiger partial charge in [0.1, 0.15) is 0 Å². The molecule has 6 nitrogen and oxygen atoms in total. The number of likely N-dealkylation sites (tertiary alicyclic amines) is 1. The average molecular weight is 297 g/mol. The molecule has 120 valence electrons. The van der Waals surface area contributed by atoms with E-state index in [2.05, 4.69) is 17.3 Å². The van der Waals surface area contributed by atoms with Gasteiger partial charge in [-0.05, 0) is 32.7 Å². The van der Waals surface area contributed by atoms with E-state index in [1.165, 1.54) is 25.7 Å². The zero-order valence-corrected chi connectivity index (χ0v) is 12.9. The van der Waals surface area contributed by atoms with Crippen molar-refractivity contribution in [3.05, 3.63) is 0 Å². The highest BCUT2D eigenvalue weighted by Gasteiger charge is 2.28. The van der Waals surface area contributed by atoms with Gasteiger partial charge in [0.05, 0.1) is 5.92 Å². The van der Waals surface area contributed by atoms with Crippen molar-refractivity contribution in [2.24, 2.45) is 5.92 Å². The summed E-state index contributed by atoms with van der Waals surface area (Å²) in [7, 11) is 2.11. The summed E-state index contributed by atoms with van der Waals surface area (Å²) in [4.78, 5) is 27.0. The number of carbonyl (C=O) groups excluding carboxylic acids is 1. The molecule has 21 heavy (non-hydrogen) atoms. The fourth-order valence-corrected chi connectivity index (χ4v) is 3.34. The van der Waals surface area contributed by atoms with Crippen molar-refractivity contribution in [2.45, 2.75) is 44.6 Å². The highest BCUT2D eigenvalue weighted by molar-refractivity contribution is 5.76. The van der Waals surface area contributed by atoms with Gasteiger partial charge in [-0.3, -0.25) is 4.79 Å². The number of hydrogen-bond acceptors (Lipinski definition) is 3. The SMILES string of the molecule is CN(CCNC(=O)N1CCC[C@@H](C(=O)O)C1)C1CCCC1. The van der Waals surface area contributed by atoms with E-state index in [4.69, 9.17) is 5.11 Å². The van der Waals surface area contributed by atoms with Crippen LogP contribution in [0.25, 0.3) is 0 Å². The van der Waals surface area contributed by atoms with Gasteiger partial charge in [-0.2, -0.15) is 0 Å². The Morgan fingerprint density at radius 3 is 2.62 bits per heavy atom. The molecule has 1 heterocycles. The van der Waals surface area contributed by atoms with Crippen LogP contribution in [0.2, 0.25) is 0 Å². The lowest BCUT2D eigenvalue weighted by atomic mass is 9.99. The van der Waals surface area contributed by atoms with Gasteiger partial charge in [-0.15, -0.1) is 0 Å². The fraction of sp³-hybridized carbons (Fsp3) is 0.867. The number of hydrogen-bond donors (Lipinski definition) is 2. The van der Waals surface area contributed by atoms with Gasteiger partial charge in [0.15, 0.2) is 0 Å². The lowest BCUT2D eigenvalue weighted by molar-refractivity contribution is -0.143. The lowest BCUT2D eigenvalue weighted by Gasteiger charge is -2.31. The van der Waals surface area contributed by atoms with Crippen LogP contribution >= 0.6 is 0 Å². The zero-order valence-electron chi connectivity index (χ0n) is 12.9. The van der Waals surface area contributed by atoms with Gasteiger partial charge in [0.25, 0.3) is 0 Å². The third-order valence-corrected chi connectivity index (χ3v) is 4.75. The molecule has 0 radical (unpaired) electrons. The van der Waals surface area contributed by atoms with Crippen molar-refractivity contribution in [3.63, 3.8) is 0 Å². The van der Waals surface area contributed by atoms with Gasteiger partial charge in [0.2, 0.25) is 0 Å². The number of rotatable bonds is 5. The van der Waals surface area contributed by atoms with Gasteiger partial charge >= 0.3 is 12.0 Å². The molecule has 2 aliphatic rings. The van der Waals surface area contributed by atoms with Crippen LogP contribution in [0.3, 0.4) is 0 Å². The third-order valence-electron chi connectivity index (χ3n) is 4.75. The molecule has 2 fully saturated rings. The summed E-state index contributed by atoms with van der Waals surface area (Å²) in [6, 6.07) is 0.536. The van der Waals surface area contributed by atoms with Gasteiger partial charge in [-0.1, -0.05) is 12.8 Å². The minimum absolute atomic E-state index is 0.124. The Balaban J connectivity index is 1.67. The molecule has 0 bridgehead atoms. The van der Waals surface area contributed by atoms with Crippen LogP contribution in [0.1, 0.15) is 38.5 Å². The van der Waals surface area contributed by atoms with Gasteiger partial charge < -0.3 is 20.2 Å². The summed E-state index contributed by atoms with van der Waals surface area (Å²) >= 11 is 0. The van der Waals surface area contributed by atoms with Crippen molar-refractivity contribution in [1.29, 1.82) is 0 Å². The number of carboxylic acid groups (broad SMARTS) is 1. The standard InChI is InChI=1S/C15H27N3O3/c1-17(13-6-2-3-7-13)10-8-16-15(21)18-9-4-5-12(11-18)14(19)20/h12-13H,2-11H2,1H3,(H,16,21)(H,19,20)/t12-/m1/s1. The highest BCUT2D eigenvalue weighted by Crippen LogP contribution is 2.21. The number of nitrogens with one attached hydrogen (secondary N) is 1. The number of carboxylic acids is 1. The summed E-state index contributed by atoms with van der Waals surface area (Å²) in [5.74, 6) is -1.21. The molecule has 1 atom stereocenters. The summed E-state index contributed by atoms with van der Waals surface area (Å²) in [5, 5.41) is 12.0. The van der Waals surface area contributed by atoms with Crippen LogP contribution in [-0.2, 0) is 4.79 Å². The summed E-state index contributed by atoms with van der Waals surface area (Å²) in [5.41, 5.74) is 0. The van der Waals surface area contributed by atoms with E-state index < -0.39 is 11.9 Å². The molecular formula is C15H27N3O3. The van der Waals surface area contributed by atoms with E-state index in [0.717, 1.165) is 13.0 Å². The topological polar surface area (TPSA) is 72.9 Å². The van der Waals surface area contributed by atoms with E-state index in [1.807, 2.05) is 0 Å². The molecule has 2 rings (SSSR count). The minimum Gasteiger partial charge on any atom is -0.481 e. The molecule has 1 aliphatic carbocycles. The Labute approximate surface area is 126 Å². The average Bonchev–Trinajstić information content (AvgIpc) is 3.01. The van der Waals surface area contributed by atoms with Crippen molar-refractivity contribution in [1.82, 2.24) is 15.1 Å². The van der Waals surface area contributed by atoms with Crippen molar-refractivity contribution < 1.29 is 14.7 Å². The molecule has 0 aromatic carbocycles. The number of nitrogens with zero attached hydrogens (tertiary/aromatic N) is 2. The molecule has 1 saturated carbocycles. The predicted octanol–water partition coefficient (Wildman–Crippen LogP) is 1.37. The van der Waals surface area contributed by atoms with E-state index in [1.54, 1.807) is 4.90 Å². The smallest absolute Gasteiger partial charge is 0.317 e. The van der Waals surface area contributed by atoms with Crippen LogP contribution in [-0.4, -0.2) is 66.2 Å². The van der Waals surface area contributed by atoms with Crippen LogP contribution in [0.4, 0.5) is 4.79 Å². The van der Waals surface area contributed by atoms with Crippen molar-refractivity contribution >= 4 is 12.0 Å². The number of piperidine rings is 1. The number of urea groups is 1. The van der Waals surface area contributed by atoms with E-state index in [0.29, 0.717) is 32.1 Å². The van der Waals surface area contributed by atoms with Crippen LogP contribution < -0.4 is 5.32 Å². The van der Waals surface area contributed by atoms with Crippen molar-refractivity contribution in [2.75, 3.05) is 33.2 Å². The molecule has 6 heteroatoms. The molecule has 2 N–H and O–H groups in total. The van der Waals surface area contributed by atoms with Gasteiger partial charge in [0, 0.05) is 32.2 Å². The maximum absolute atomic E-state index is 12.1. The molecule has 1 saturated heterocycles. The first-order valence-electron chi connectivity index (χ1n) is 8.03. The maximum Gasteiger partial charge on any atom is 0.317 e. The van der Waals surface area contributed by atoms with Crippen LogP contribution in [0.15, 0.2) is 0 Å². The second-order valence-corrected chi connectivity index (χ2v) is 6.27. The monoisotopic (exact) mass is 297 g/mol. The Morgan fingerprint density at radius 2 is 1.95 bits per heavy atom. The number of amides is 2. The normalized spacial score (nSPS) is 23.5. The van der Waals surface area contributed by atoms with Crippen molar-refractivity contribution in [3.8, 4) is 0 Å². The second-order valence-electron chi connectivity index (χ2n) is 6.27. The largest absolute Gasteiger partial charge is 0.481 e. The Hall–Kier alpha value is -1.30. The van der Waals surface area contributed by atoms with Crippen LogP contribution in [0.5, 0.6) is 0 Å². The lowest BCUT2D eigenvalue weighted by Crippen LogP contribution is -2.48. The Bertz CT molecular complexity index is 369. The van der Waals surface area contributed by atoms with E-state index in [-0.39, 0.29) is 6.03 Å². The molecule has 0 unspecified atom stereocenters. The van der Waals surface area contributed by atoms with E-state index in [9.17, 15) is 9.59 Å². The molecular weight excluding hydrogens is 270 g/mol. The Morgan fingerprint density at radius 1 is 1.24 bits per heavy atom. The first kappa shape index (κ1) is 16.1. The molecule has 0 aromatic heterocycles. The molecule has 1 aliphatic heterocycles. The fourth-order valence-electron chi connectivity index (χ4n) is 3.34. The van der Waals surface area contributed by atoms with Gasteiger partial charge in [-0.25, -0.2) is 4.79 Å². The molecule has 2 amide bonds. The predicted molar refractivity (Wildman–Crippen MR) is 80.2 cm³/mol. The number of carbonyl (C=O) groups is 2. The number of aliphatic carboxylic acids is 1. The Kier molecular flexibility index (Phi) is 5.85. The minimum atomic E-state index is -0.798. The first-order chi connectivity index (χ1) is 10.1. The number of likely N-dealkylation sites (N-methyl/N-ethyl adjacent to an activating group) is 1.